The summed E-state index contributed by atoms with van der Waals surface area (Å²) < 4.78 is 0. The number of thioether (sulfide) groups is 1. The van der Waals surface area contributed by atoms with Gasteiger partial charge in [-0.2, -0.15) is 11.8 Å². The Morgan fingerprint density at radius 2 is 2.00 bits per heavy atom. The molecule has 2 rings (SSSR count). The van der Waals surface area contributed by atoms with Gasteiger partial charge in [0.15, 0.2) is 0 Å². The fourth-order valence-electron chi connectivity index (χ4n) is 2.44. The molecule has 2 heterocycles. The fraction of sp³-hybridized carbons (Fsp3) is 0.833. The summed E-state index contributed by atoms with van der Waals surface area (Å²) in [6, 6.07) is 0.295. The standard InChI is InChI=1S/C12H21N3O3S/c16-11(7-10-9-19-6-1-13-10)15-4-2-14(3-5-15)8-12(17)18/h10,13H,1-9H2,(H,17,18). The molecule has 108 valence electrons. The zero-order valence-corrected chi connectivity index (χ0v) is 11.8. The van der Waals surface area contributed by atoms with Gasteiger partial charge in [-0.25, -0.2) is 0 Å². The minimum Gasteiger partial charge on any atom is -0.480 e. The van der Waals surface area contributed by atoms with Crippen molar-refractivity contribution in [2.24, 2.45) is 0 Å². The summed E-state index contributed by atoms with van der Waals surface area (Å²) in [4.78, 5) is 26.5. The van der Waals surface area contributed by atoms with Crippen LogP contribution in [0.5, 0.6) is 0 Å². The summed E-state index contributed by atoms with van der Waals surface area (Å²) in [6.45, 7) is 3.66. The molecular weight excluding hydrogens is 266 g/mol. The average Bonchev–Trinajstić information content (AvgIpc) is 2.40. The number of aliphatic carboxylic acids is 1. The van der Waals surface area contributed by atoms with E-state index in [2.05, 4.69) is 5.32 Å². The van der Waals surface area contributed by atoms with Gasteiger partial charge < -0.3 is 15.3 Å². The number of piperazine rings is 1. The van der Waals surface area contributed by atoms with E-state index in [1.807, 2.05) is 21.6 Å². The molecule has 2 aliphatic rings. The number of carbonyl (C=O) groups is 2. The van der Waals surface area contributed by atoms with Crippen LogP contribution < -0.4 is 5.32 Å². The van der Waals surface area contributed by atoms with Gasteiger partial charge in [0, 0.05) is 56.7 Å². The quantitative estimate of drug-likeness (QED) is 0.713. The molecule has 2 aliphatic heterocycles. The number of amides is 1. The van der Waals surface area contributed by atoms with Crippen molar-refractivity contribution in [2.45, 2.75) is 12.5 Å². The SMILES string of the molecule is O=C(O)CN1CCN(C(=O)CC2CSCCN2)CC1. The molecule has 7 heteroatoms. The Kier molecular flexibility index (Phi) is 5.47. The number of hydrogen-bond acceptors (Lipinski definition) is 5. The van der Waals surface area contributed by atoms with Gasteiger partial charge in [0.25, 0.3) is 0 Å². The topological polar surface area (TPSA) is 72.9 Å². The first kappa shape index (κ1) is 14.6. The van der Waals surface area contributed by atoms with E-state index in [1.165, 1.54) is 0 Å². The molecule has 0 aliphatic carbocycles. The molecule has 0 saturated carbocycles. The molecule has 6 nitrogen and oxygen atoms in total. The molecule has 0 spiro atoms. The van der Waals surface area contributed by atoms with Gasteiger partial charge in [0.2, 0.25) is 5.91 Å². The molecule has 2 saturated heterocycles. The Morgan fingerprint density at radius 1 is 1.26 bits per heavy atom. The van der Waals surface area contributed by atoms with Crippen LogP contribution in [0.2, 0.25) is 0 Å². The van der Waals surface area contributed by atoms with Crippen molar-refractivity contribution in [3.8, 4) is 0 Å². The molecule has 1 atom stereocenters. The van der Waals surface area contributed by atoms with Crippen LogP contribution >= 0.6 is 11.8 Å². The van der Waals surface area contributed by atoms with Crippen molar-refractivity contribution in [3.05, 3.63) is 0 Å². The van der Waals surface area contributed by atoms with Crippen LogP contribution in [0.1, 0.15) is 6.42 Å². The van der Waals surface area contributed by atoms with Gasteiger partial charge in [-0.1, -0.05) is 0 Å². The van der Waals surface area contributed by atoms with Crippen LogP contribution in [0, 0.1) is 0 Å². The van der Waals surface area contributed by atoms with Crippen molar-refractivity contribution in [1.82, 2.24) is 15.1 Å². The van der Waals surface area contributed by atoms with Gasteiger partial charge in [-0.15, -0.1) is 0 Å². The van der Waals surface area contributed by atoms with Crippen LogP contribution in [0.3, 0.4) is 0 Å². The van der Waals surface area contributed by atoms with E-state index in [-0.39, 0.29) is 12.5 Å². The summed E-state index contributed by atoms with van der Waals surface area (Å²) in [5.74, 6) is 1.52. The molecule has 0 aromatic heterocycles. The Labute approximate surface area is 117 Å². The number of hydrogen-bond donors (Lipinski definition) is 2. The number of nitrogens with one attached hydrogen (secondary N) is 1. The summed E-state index contributed by atoms with van der Waals surface area (Å²) in [5.41, 5.74) is 0. The minimum absolute atomic E-state index is 0.0723. The highest BCUT2D eigenvalue weighted by Gasteiger charge is 2.24. The van der Waals surface area contributed by atoms with Crippen molar-refractivity contribution >= 4 is 23.6 Å². The third-order valence-corrected chi connectivity index (χ3v) is 4.63. The highest BCUT2D eigenvalue weighted by molar-refractivity contribution is 7.99. The van der Waals surface area contributed by atoms with E-state index in [4.69, 9.17) is 5.11 Å². The maximum Gasteiger partial charge on any atom is 0.317 e. The summed E-state index contributed by atoms with van der Waals surface area (Å²) in [6.07, 6.45) is 0.561. The largest absolute Gasteiger partial charge is 0.480 e. The van der Waals surface area contributed by atoms with Crippen LogP contribution in [0.15, 0.2) is 0 Å². The minimum atomic E-state index is -0.803. The second kappa shape index (κ2) is 7.12. The fourth-order valence-corrected chi connectivity index (χ4v) is 3.39. The smallest absolute Gasteiger partial charge is 0.317 e. The van der Waals surface area contributed by atoms with Crippen molar-refractivity contribution in [3.63, 3.8) is 0 Å². The highest BCUT2D eigenvalue weighted by atomic mass is 32.2. The molecule has 19 heavy (non-hydrogen) atoms. The Balaban J connectivity index is 1.71. The second-order valence-corrected chi connectivity index (χ2v) is 6.13. The number of nitrogens with zero attached hydrogens (tertiary/aromatic N) is 2. The van der Waals surface area contributed by atoms with E-state index < -0.39 is 5.97 Å². The van der Waals surface area contributed by atoms with Gasteiger partial charge in [0.05, 0.1) is 6.54 Å². The van der Waals surface area contributed by atoms with E-state index in [1.54, 1.807) is 0 Å². The second-order valence-electron chi connectivity index (χ2n) is 4.98. The van der Waals surface area contributed by atoms with Crippen molar-refractivity contribution < 1.29 is 14.7 Å². The third-order valence-electron chi connectivity index (χ3n) is 3.50. The Morgan fingerprint density at radius 3 is 2.58 bits per heavy atom. The number of carbonyl (C=O) groups excluding carboxylic acids is 1. The molecule has 2 N–H and O–H groups in total. The zero-order valence-electron chi connectivity index (χ0n) is 11.0. The Hall–Kier alpha value is -0.790. The Bertz CT molecular complexity index is 326. The van der Waals surface area contributed by atoms with E-state index in [9.17, 15) is 9.59 Å². The predicted octanol–water partition coefficient (Wildman–Crippen LogP) is -0.690. The molecular formula is C12H21N3O3S. The maximum atomic E-state index is 12.1. The van der Waals surface area contributed by atoms with Crippen molar-refractivity contribution in [1.29, 1.82) is 0 Å². The lowest BCUT2D eigenvalue weighted by molar-refractivity contribution is -0.139. The maximum absolute atomic E-state index is 12.1. The lowest BCUT2D eigenvalue weighted by atomic mass is 10.2. The van der Waals surface area contributed by atoms with Gasteiger partial charge in [-0.3, -0.25) is 14.5 Å². The third kappa shape index (κ3) is 4.67. The van der Waals surface area contributed by atoms with Crippen LogP contribution in [-0.2, 0) is 9.59 Å². The lowest BCUT2D eigenvalue weighted by Gasteiger charge is -2.35. The van der Waals surface area contributed by atoms with Crippen LogP contribution in [0.4, 0.5) is 0 Å². The first-order valence-corrected chi connectivity index (χ1v) is 7.83. The summed E-state index contributed by atoms with van der Waals surface area (Å²) in [5, 5.41) is 12.1. The van der Waals surface area contributed by atoms with E-state index in [0.29, 0.717) is 38.6 Å². The molecule has 0 aromatic rings. The molecule has 1 amide bonds. The van der Waals surface area contributed by atoms with E-state index in [0.717, 1.165) is 18.1 Å². The molecule has 2 fully saturated rings. The zero-order chi connectivity index (χ0) is 13.7. The molecule has 0 aromatic carbocycles. The predicted molar refractivity (Wildman–Crippen MR) is 74.4 cm³/mol. The average molecular weight is 287 g/mol. The number of carboxylic acid groups (broad SMARTS) is 1. The summed E-state index contributed by atoms with van der Waals surface area (Å²) in [7, 11) is 0. The van der Waals surface area contributed by atoms with Crippen LogP contribution in [-0.4, -0.2) is 83.6 Å². The van der Waals surface area contributed by atoms with E-state index >= 15 is 0 Å². The van der Waals surface area contributed by atoms with Gasteiger partial charge in [-0.05, 0) is 0 Å². The monoisotopic (exact) mass is 287 g/mol. The van der Waals surface area contributed by atoms with Gasteiger partial charge in [0.1, 0.15) is 0 Å². The normalized spacial score (nSPS) is 25.3. The van der Waals surface area contributed by atoms with Crippen molar-refractivity contribution in [2.75, 3.05) is 50.8 Å². The highest BCUT2D eigenvalue weighted by Crippen LogP contribution is 2.12. The van der Waals surface area contributed by atoms with Crippen LogP contribution in [0.25, 0.3) is 0 Å². The molecule has 1 unspecified atom stereocenters. The summed E-state index contributed by atoms with van der Waals surface area (Å²) >= 11 is 1.89. The first-order chi connectivity index (χ1) is 9.15. The number of rotatable bonds is 4. The molecule has 0 radical (unpaired) electrons. The number of carboxylic acids is 1. The lowest BCUT2D eigenvalue weighted by Crippen LogP contribution is -2.51. The van der Waals surface area contributed by atoms with Gasteiger partial charge >= 0.3 is 5.97 Å². The molecule has 0 bridgehead atoms. The first-order valence-electron chi connectivity index (χ1n) is 6.68.